The molecule has 1 heterocycles. The first kappa shape index (κ1) is 13.4. The van der Waals surface area contributed by atoms with Crippen LogP contribution in [0.1, 0.15) is 20.3 Å². The predicted molar refractivity (Wildman–Crippen MR) is 64.2 cm³/mol. The molecule has 92 valence electrons. The lowest BCUT2D eigenvalue weighted by Crippen LogP contribution is -2.49. The number of hydrogen-bond donors (Lipinski definition) is 0. The van der Waals surface area contributed by atoms with Crippen LogP contribution in [-0.4, -0.2) is 61.8 Å². The molecule has 1 rings (SSSR count). The van der Waals surface area contributed by atoms with Gasteiger partial charge in [-0.15, -0.1) is 0 Å². The van der Waals surface area contributed by atoms with Crippen molar-refractivity contribution < 1.29 is 4.74 Å². The van der Waals surface area contributed by atoms with Crippen LogP contribution in [0.3, 0.4) is 0 Å². The third kappa shape index (κ3) is 4.48. The highest BCUT2D eigenvalue weighted by atomic mass is 16.5. The fourth-order valence-electron chi connectivity index (χ4n) is 1.99. The van der Waals surface area contributed by atoms with Crippen LogP contribution >= 0.6 is 0 Å². The van der Waals surface area contributed by atoms with Crippen LogP contribution < -0.4 is 0 Å². The van der Waals surface area contributed by atoms with Gasteiger partial charge in [0.2, 0.25) is 0 Å². The average molecular weight is 225 g/mol. The molecule has 0 bridgehead atoms. The summed E-state index contributed by atoms with van der Waals surface area (Å²) in [6.45, 7) is 11.0. The van der Waals surface area contributed by atoms with Gasteiger partial charge in [-0.25, -0.2) is 0 Å². The van der Waals surface area contributed by atoms with Crippen molar-refractivity contribution in [3.63, 3.8) is 0 Å². The van der Waals surface area contributed by atoms with Crippen molar-refractivity contribution in [2.75, 3.05) is 45.9 Å². The van der Waals surface area contributed by atoms with Gasteiger partial charge < -0.3 is 9.64 Å². The van der Waals surface area contributed by atoms with E-state index in [-0.39, 0.29) is 6.04 Å². The summed E-state index contributed by atoms with van der Waals surface area (Å²) in [5.74, 6) is 0. The van der Waals surface area contributed by atoms with Crippen molar-refractivity contribution in [1.82, 2.24) is 9.80 Å². The van der Waals surface area contributed by atoms with Crippen molar-refractivity contribution in [3.05, 3.63) is 0 Å². The summed E-state index contributed by atoms with van der Waals surface area (Å²) in [5.41, 5.74) is 0. The van der Waals surface area contributed by atoms with Gasteiger partial charge in [-0.1, -0.05) is 0 Å². The Labute approximate surface area is 98.8 Å². The summed E-state index contributed by atoms with van der Waals surface area (Å²) >= 11 is 0. The van der Waals surface area contributed by atoms with Gasteiger partial charge >= 0.3 is 0 Å². The molecule has 1 unspecified atom stereocenters. The van der Waals surface area contributed by atoms with Gasteiger partial charge in [0, 0.05) is 45.9 Å². The van der Waals surface area contributed by atoms with E-state index in [0.717, 1.165) is 52.4 Å². The van der Waals surface area contributed by atoms with E-state index in [0.29, 0.717) is 0 Å². The number of ether oxygens (including phenoxy) is 1. The summed E-state index contributed by atoms with van der Waals surface area (Å²) in [6.07, 6.45) is 1.11. The first-order chi connectivity index (χ1) is 7.77. The standard InChI is InChI=1S/C12H23N3O/c1-3-16-10-4-5-14-6-8-15(9-7-14)12(2)11-13/h12H,3-10H2,1-2H3. The molecule has 0 aromatic carbocycles. The van der Waals surface area contributed by atoms with E-state index in [4.69, 9.17) is 10.00 Å². The number of nitrogens with zero attached hydrogens (tertiary/aromatic N) is 3. The van der Waals surface area contributed by atoms with Gasteiger partial charge in [0.15, 0.2) is 0 Å². The molecule has 0 aliphatic carbocycles. The number of hydrogen-bond acceptors (Lipinski definition) is 4. The van der Waals surface area contributed by atoms with Crippen molar-refractivity contribution in [1.29, 1.82) is 5.26 Å². The largest absolute Gasteiger partial charge is 0.382 e. The monoisotopic (exact) mass is 225 g/mol. The minimum absolute atomic E-state index is 0.0607. The van der Waals surface area contributed by atoms with Crippen LogP contribution in [0.15, 0.2) is 0 Å². The van der Waals surface area contributed by atoms with Crippen LogP contribution in [-0.2, 0) is 4.74 Å². The van der Waals surface area contributed by atoms with E-state index in [1.54, 1.807) is 0 Å². The lowest BCUT2D eigenvalue weighted by Gasteiger charge is -2.35. The zero-order valence-corrected chi connectivity index (χ0v) is 10.5. The SMILES string of the molecule is CCOCCCN1CCN(C(C)C#N)CC1. The predicted octanol–water partition coefficient (Wildman–Crippen LogP) is 0.943. The van der Waals surface area contributed by atoms with Crippen molar-refractivity contribution >= 4 is 0 Å². The van der Waals surface area contributed by atoms with E-state index in [1.807, 2.05) is 13.8 Å². The topological polar surface area (TPSA) is 39.5 Å². The smallest absolute Gasteiger partial charge is 0.0950 e. The molecular formula is C12H23N3O. The van der Waals surface area contributed by atoms with E-state index in [2.05, 4.69) is 15.9 Å². The Hall–Kier alpha value is -0.630. The molecule has 4 nitrogen and oxygen atoms in total. The molecule has 16 heavy (non-hydrogen) atoms. The molecule has 0 amide bonds. The normalized spacial score (nSPS) is 20.6. The fourth-order valence-corrected chi connectivity index (χ4v) is 1.99. The average Bonchev–Trinajstić information content (AvgIpc) is 2.34. The molecule has 0 spiro atoms. The number of piperazine rings is 1. The molecule has 0 saturated carbocycles. The summed E-state index contributed by atoms with van der Waals surface area (Å²) < 4.78 is 5.32. The van der Waals surface area contributed by atoms with E-state index in [9.17, 15) is 0 Å². The van der Waals surface area contributed by atoms with E-state index < -0.39 is 0 Å². The van der Waals surface area contributed by atoms with Gasteiger partial charge in [0.25, 0.3) is 0 Å². The summed E-state index contributed by atoms with van der Waals surface area (Å²) in [7, 11) is 0. The number of nitriles is 1. The summed E-state index contributed by atoms with van der Waals surface area (Å²) in [4.78, 5) is 4.71. The lowest BCUT2D eigenvalue weighted by molar-refractivity contribution is 0.0975. The van der Waals surface area contributed by atoms with Gasteiger partial charge in [-0.2, -0.15) is 5.26 Å². The molecule has 1 fully saturated rings. The molecule has 4 heteroatoms. The first-order valence-electron chi connectivity index (χ1n) is 6.21. The molecular weight excluding hydrogens is 202 g/mol. The molecule has 1 saturated heterocycles. The third-order valence-electron chi connectivity index (χ3n) is 3.11. The van der Waals surface area contributed by atoms with Crippen molar-refractivity contribution in [2.45, 2.75) is 26.3 Å². The lowest BCUT2D eigenvalue weighted by atomic mass is 10.2. The Morgan fingerprint density at radius 3 is 2.56 bits per heavy atom. The molecule has 1 aliphatic heterocycles. The highest BCUT2D eigenvalue weighted by Gasteiger charge is 2.19. The van der Waals surface area contributed by atoms with Gasteiger partial charge in [0.1, 0.15) is 0 Å². The maximum absolute atomic E-state index is 8.83. The van der Waals surface area contributed by atoms with Crippen LogP contribution in [0.4, 0.5) is 0 Å². The second-order valence-electron chi connectivity index (χ2n) is 4.23. The first-order valence-corrected chi connectivity index (χ1v) is 6.21. The van der Waals surface area contributed by atoms with Crippen molar-refractivity contribution in [2.24, 2.45) is 0 Å². The quantitative estimate of drug-likeness (QED) is 0.631. The second kappa shape index (κ2) is 7.61. The number of rotatable bonds is 6. The maximum atomic E-state index is 8.83. The van der Waals surface area contributed by atoms with Crippen LogP contribution in [0.5, 0.6) is 0 Å². The Bertz CT molecular complexity index is 219. The molecule has 1 atom stereocenters. The Kier molecular flexibility index (Phi) is 6.39. The molecule has 1 aliphatic rings. The highest BCUT2D eigenvalue weighted by Crippen LogP contribution is 2.06. The summed E-state index contributed by atoms with van der Waals surface area (Å²) in [6, 6.07) is 2.36. The minimum atomic E-state index is 0.0607. The van der Waals surface area contributed by atoms with Crippen LogP contribution in [0.25, 0.3) is 0 Å². The molecule has 0 aromatic rings. The van der Waals surface area contributed by atoms with E-state index >= 15 is 0 Å². The zero-order valence-electron chi connectivity index (χ0n) is 10.5. The van der Waals surface area contributed by atoms with Crippen LogP contribution in [0.2, 0.25) is 0 Å². The third-order valence-corrected chi connectivity index (χ3v) is 3.11. The Morgan fingerprint density at radius 2 is 2.00 bits per heavy atom. The maximum Gasteiger partial charge on any atom is 0.0950 e. The zero-order chi connectivity index (χ0) is 11.8. The minimum Gasteiger partial charge on any atom is -0.382 e. The van der Waals surface area contributed by atoms with Gasteiger partial charge in [0.05, 0.1) is 12.1 Å². The molecule has 0 aromatic heterocycles. The fraction of sp³-hybridized carbons (Fsp3) is 0.917. The van der Waals surface area contributed by atoms with E-state index in [1.165, 1.54) is 0 Å². The Balaban J connectivity index is 2.10. The second-order valence-corrected chi connectivity index (χ2v) is 4.23. The highest BCUT2D eigenvalue weighted by molar-refractivity contribution is 4.90. The van der Waals surface area contributed by atoms with Gasteiger partial charge in [-0.3, -0.25) is 4.90 Å². The van der Waals surface area contributed by atoms with Crippen molar-refractivity contribution in [3.8, 4) is 6.07 Å². The molecule has 0 N–H and O–H groups in total. The summed E-state index contributed by atoms with van der Waals surface area (Å²) in [5, 5.41) is 8.83. The Morgan fingerprint density at radius 1 is 1.31 bits per heavy atom. The van der Waals surface area contributed by atoms with Gasteiger partial charge in [-0.05, 0) is 20.3 Å². The van der Waals surface area contributed by atoms with Crippen LogP contribution in [0, 0.1) is 11.3 Å². The molecule has 0 radical (unpaired) electrons.